The minimum Gasteiger partial charge on any atom is -0.497 e. The van der Waals surface area contributed by atoms with Gasteiger partial charge >= 0.3 is 6.03 Å². The van der Waals surface area contributed by atoms with Crippen LogP contribution in [0.15, 0.2) is 46.9 Å². The SMILES string of the molecule is COc1cccc(OCCNC(=O)Nc2ccc(C)cc2Br)c1. The van der Waals surface area contributed by atoms with E-state index < -0.39 is 0 Å². The molecule has 0 spiro atoms. The molecule has 2 rings (SSSR count). The van der Waals surface area contributed by atoms with E-state index in [0.717, 1.165) is 21.5 Å². The minimum absolute atomic E-state index is 0.274. The number of urea groups is 1. The third-order valence-corrected chi connectivity index (χ3v) is 3.73. The summed E-state index contributed by atoms with van der Waals surface area (Å²) < 4.78 is 11.5. The van der Waals surface area contributed by atoms with Crippen molar-refractivity contribution in [2.45, 2.75) is 6.92 Å². The van der Waals surface area contributed by atoms with Crippen LogP contribution >= 0.6 is 15.9 Å². The third-order valence-electron chi connectivity index (χ3n) is 3.07. The van der Waals surface area contributed by atoms with Gasteiger partial charge in [0.2, 0.25) is 0 Å². The highest BCUT2D eigenvalue weighted by atomic mass is 79.9. The number of hydrogen-bond acceptors (Lipinski definition) is 3. The summed E-state index contributed by atoms with van der Waals surface area (Å²) in [4.78, 5) is 11.8. The van der Waals surface area contributed by atoms with Crippen LogP contribution in [-0.4, -0.2) is 26.3 Å². The zero-order valence-corrected chi connectivity index (χ0v) is 14.6. The maximum Gasteiger partial charge on any atom is 0.319 e. The largest absolute Gasteiger partial charge is 0.497 e. The van der Waals surface area contributed by atoms with Gasteiger partial charge in [0.25, 0.3) is 0 Å². The zero-order valence-electron chi connectivity index (χ0n) is 13.1. The van der Waals surface area contributed by atoms with Gasteiger partial charge in [-0.15, -0.1) is 0 Å². The van der Waals surface area contributed by atoms with Crippen LogP contribution in [0.5, 0.6) is 11.5 Å². The number of aryl methyl sites for hydroxylation is 1. The van der Waals surface area contributed by atoms with E-state index in [1.54, 1.807) is 13.2 Å². The van der Waals surface area contributed by atoms with E-state index in [0.29, 0.717) is 18.9 Å². The van der Waals surface area contributed by atoms with Crippen LogP contribution < -0.4 is 20.1 Å². The standard InChI is InChI=1S/C17H19BrN2O3/c1-12-6-7-16(15(18)10-12)20-17(21)19-8-9-23-14-5-3-4-13(11-14)22-2/h3-7,10-11H,8-9H2,1-2H3,(H2,19,20,21). The van der Waals surface area contributed by atoms with Gasteiger partial charge in [-0.05, 0) is 52.7 Å². The van der Waals surface area contributed by atoms with E-state index in [1.807, 2.05) is 43.3 Å². The van der Waals surface area contributed by atoms with E-state index in [9.17, 15) is 4.79 Å². The van der Waals surface area contributed by atoms with Crippen LogP contribution in [0.1, 0.15) is 5.56 Å². The van der Waals surface area contributed by atoms with Gasteiger partial charge in [0.05, 0.1) is 19.3 Å². The number of benzene rings is 2. The van der Waals surface area contributed by atoms with Gasteiger partial charge in [-0.1, -0.05) is 12.1 Å². The number of carbonyl (C=O) groups excluding carboxylic acids is 1. The maximum atomic E-state index is 11.8. The van der Waals surface area contributed by atoms with Crippen molar-refractivity contribution < 1.29 is 14.3 Å². The summed E-state index contributed by atoms with van der Waals surface area (Å²) in [6.07, 6.45) is 0. The van der Waals surface area contributed by atoms with Gasteiger partial charge in [-0.2, -0.15) is 0 Å². The highest BCUT2D eigenvalue weighted by Crippen LogP contribution is 2.23. The molecular formula is C17H19BrN2O3. The molecule has 2 amide bonds. The van der Waals surface area contributed by atoms with E-state index in [4.69, 9.17) is 9.47 Å². The zero-order chi connectivity index (χ0) is 16.7. The Balaban J connectivity index is 1.74. The van der Waals surface area contributed by atoms with E-state index >= 15 is 0 Å². The normalized spacial score (nSPS) is 10.0. The van der Waals surface area contributed by atoms with Gasteiger partial charge in [0.1, 0.15) is 18.1 Å². The fourth-order valence-corrected chi connectivity index (χ4v) is 2.50. The molecule has 23 heavy (non-hydrogen) atoms. The van der Waals surface area contributed by atoms with E-state index in [-0.39, 0.29) is 6.03 Å². The first-order valence-electron chi connectivity index (χ1n) is 7.16. The summed E-state index contributed by atoms with van der Waals surface area (Å²) in [7, 11) is 1.61. The number of hydrogen-bond donors (Lipinski definition) is 2. The highest BCUT2D eigenvalue weighted by molar-refractivity contribution is 9.10. The predicted molar refractivity (Wildman–Crippen MR) is 94.4 cm³/mol. The lowest BCUT2D eigenvalue weighted by Crippen LogP contribution is -2.32. The summed E-state index contributed by atoms with van der Waals surface area (Å²) in [5.74, 6) is 1.44. The molecule has 0 unspecified atom stereocenters. The summed E-state index contributed by atoms with van der Waals surface area (Å²) >= 11 is 3.42. The molecule has 0 atom stereocenters. The number of methoxy groups -OCH3 is 1. The Kier molecular flexibility index (Phi) is 6.29. The van der Waals surface area contributed by atoms with Gasteiger partial charge in [-0.3, -0.25) is 0 Å². The maximum absolute atomic E-state index is 11.8. The molecule has 5 nitrogen and oxygen atoms in total. The first-order chi connectivity index (χ1) is 11.1. The Morgan fingerprint density at radius 2 is 1.96 bits per heavy atom. The molecule has 0 radical (unpaired) electrons. The lowest BCUT2D eigenvalue weighted by atomic mass is 10.2. The topological polar surface area (TPSA) is 59.6 Å². The number of anilines is 1. The van der Waals surface area contributed by atoms with Crippen molar-refractivity contribution in [1.29, 1.82) is 0 Å². The van der Waals surface area contributed by atoms with Crippen molar-refractivity contribution in [2.24, 2.45) is 0 Å². The lowest BCUT2D eigenvalue weighted by Gasteiger charge is -2.11. The molecule has 0 saturated carbocycles. The van der Waals surface area contributed by atoms with E-state index in [1.165, 1.54) is 0 Å². The van der Waals surface area contributed by atoms with Gasteiger partial charge < -0.3 is 20.1 Å². The number of carbonyl (C=O) groups is 1. The summed E-state index contributed by atoms with van der Waals surface area (Å²) in [5, 5.41) is 5.53. The van der Waals surface area contributed by atoms with E-state index in [2.05, 4.69) is 26.6 Å². The summed E-state index contributed by atoms with van der Waals surface area (Å²) in [6, 6.07) is 12.8. The molecule has 0 aliphatic rings. The molecule has 0 bridgehead atoms. The molecule has 6 heteroatoms. The first-order valence-corrected chi connectivity index (χ1v) is 7.95. The fourth-order valence-electron chi connectivity index (χ4n) is 1.91. The average molecular weight is 379 g/mol. The molecule has 0 heterocycles. The second-order valence-electron chi connectivity index (χ2n) is 4.89. The fraction of sp³-hybridized carbons (Fsp3) is 0.235. The molecule has 0 saturated heterocycles. The highest BCUT2D eigenvalue weighted by Gasteiger charge is 2.05. The van der Waals surface area contributed by atoms with Crippen molar-refractivity contribution in [1.82, 2.24) is 5.32 Å². The van der Waals surface area contributed by atoms with Crippen LogP contribution in [0.2, 0.25) is 0 Å². The number of halogens is 1. The van der Waals surface area contributed by atoms with Gasteiger partial charge in [0.15, 0.2) is 0 Å². The second-order valence-corrected chi connectivity index (χ2v) is 5.75. The van der Waals surface area contributed by atoms with Crippen molar-refractivity contribution in [3.8, 4) is 11.5 Å². The lowest BCUT2D eigenvalue weighted by molar-refractivity contribution is 0.247. The molecule has 0 aromatic heterocycles. The van der Waals surface area contributed by atoms with Crippen molar-refractivity contribution in [2.75, 3.05) is 25.6 Å². The summed E-state index contributed by atoms with van der Waals surface area (Å²) in [5.41, 5.74) is 1.84. The molecule has 2 aromatic rings. The Hall–Kier alpha value is -2.21. The molecule has 122 valence electrons. The molecule has 2 aromatic carbocycles. The molecular weight excluding hydrogens is 360 g/mol. The summed E-state index contributed by atoms with van der Waals surface area (Å²) in [6.45, 7) is 2.76. The van der Waals surface area contributed by atoms with Crippen LogP contribution in [0, 0.1) is 6.92 Å². The predicted octanol–water partition coefficient (Wildman–Crippen LogP) is 3.97. The first kappa shape index (κ1) is 17.1. The van der Waals surface area contributed by atoms with Crippen LogP contribution in [0.3, 0.4) is 0 Å². The Morgan fingerprint density at radius 1 is 1.17 bits per heavy atom. The van der Waals surface area contributed by atoms with Crippen LogP contribution in [0.4, 0.5) is 10.5 Å². The number of amides is 2. The number of nitrogens with one attached hydrogen (secondary N) is 2. The molecule has 0 aliphatic carbocycles. The Labute approximate surface area is 144 Å². The molecule has 2 N–H and O–H groups in total. The number of rotatable bonds is 6. The monoisotopic (exact) mass is 378 g/mol. The number of ether oxygens (including phenoxy) is 2. The Bertz CT molecular complexity index is 677. The van der Waals surface area contributed by atoms with Crippen molar-refractivity contribution >= 4 is 27.6 Å². The quantitative estimate of drug-likeness (QED) is 0.747. The third kappa shape index (κ3) is 5.49. The van der Waals surface area contributed by atoms with Crippen molar-refractivity contribution in [3.05, 3.63) is 52.5 Å². The second kappa shape index (κ2) is 8.43. The molecule has 0 fully saturated rings. The Morgan fingerprint density at radius 3 is 2.70 bits per heavy atom. The van der Waals surface area contributed by atoms with Crippen molar-refractivity contribution in [3.63, 3.8) is 0 Å². The van der Waals surface area contributed by atoms with Gasteiger partial charge in [0, 0.05) is 10.5 Å². The van der Waals surface area contributed by atoms with Crippen LogP contribution in [-0.2, 0) is 0 Å². The van der Waals surface area contributed by atoms with Crippen LogP contribution in [0.25, 0.3) is 0 Å². The smallest absolute Gasteiger partial charge is 0.319 e. The average Bonchev–Trinajstić information content (AvgIpc) is 2.54. The van der Waals surface area contributed by atoms with Gasteiger partial charge in [-0.25, -0.2) is 4.79 Å². The molecule has 0 aliphatic heterocycles. The minimum atomic E-state index is -0.274.